The Labute approximate surface area is 110 Å². The fourth-order valence-corrected chi connectivity index (χ4v) is 1.77. The average Bonchev–Trinajstić information content (AvgIpc) is 2.33. The van der Waals surface area contributed by atoms with Crippen LogP contribution in [-0.4, -0.2) is 0 Å². The van der Waals surface area contributed by atoms with Crippen LogP contribution in [0, 0.1) is 12.7 Å². The molecule has 2 N–H and O–H groups in total. The fourth-order valence-electron chi connectivity index (χ4n) is 1.61. The molecule has 2 rings (SSSR count). The van der Waals surface area contributed by atoms with E-state index in [1.807, 2.05) is 13.0 Å². The van der Waals surface area contributed by atoms with Crippen molar-refractivity contribution in [3.8, 4) is 5.75 Å². The summed E-state index contributed by atoms with van der Waals surface area (Å²) in [5, 5.41) is 0.581. The van der Waals surface area contributed by atoms with E-state index < -0.39 is 0 Å². The first-order valence-corrected chi connectivity index (χ1v) is 5.87. The van der Waals surface area contributed by atoms with Gasteiger partial charge in [0.25, 0.3) is 0 Å². The Bertz CT molecular complexity index is 551. The predicted octanol–water partition coefficient (Wildman–Crippen LogP) is 3.95. The van der Waals surface area contributed by atoms with Crippen LogP contribution in [0.2, 0.25) is 5.02 Å². The molecule has 0 unspecified atom stereocenters. The molecule has 0 bridgehead atoms. The Morgan fingerprint density at radius 2 is 2.06 bits per heavy atom. The largest absolute Gasteiger partial charge is 0.488 e. The quantitative estimate of drug-likeness (QED) is 0.853. The number of benzene rings is 2. The highest BCUT2D eigenvalue weighted by Gasteiger charge is 2.08. The van der Waals surface area contributed by atoms with Gasteiger partial charge in [0.1, 0.15) is 18.2 Å². The van der Waals surface area contributed by atoms with Gasteiger partial charge in [-0.05, 0) is 36.8 Å². The topological polar surface area (TPSA) is 35.2 Å². The molecule has 0 aliphatic carbocycles. The van der Waals surface area contributed by atoms with Crippen LogP contribution in [0.3, 0.4) is 0 Å². The van der Waals surface area contributed by atoms with Crippen molar-refractivity contribution in [1.82, 2.24) is 0 Å². The van der Waals surface area contributed by atoms with Crippen molar-refractivity contribution in [2.24, 2.45) is 0 Å². The molecule has 0 saturated heterocycles. The summed E-state index contributed by atoms with van der Waals surface area (Å²) in [6.45, 7) is 1.98. The molecule has 0 spiro atoms. The van der Waals surface area contributed by atoms with Gasteiger partial charge in [0.2, 0.25) is 0 Å². The minimum absolute atomic E-state index is 0.0830. The van der Waals surface area contributed by atoms with E-state index in [0.29, 0.717) is 22.0 Å². The number of ether oxygens (including phenoxy) is 1. The lowest BCUT2D eigenvalue weighted by atomic mass is 10.2. The number of aryl methyl sites for hydroxylation is 1. The molecule has 0 aliphatic rings. The van der Waals surface area contributed by atoms with E-state index in [1.165, 1.54) is 6.07 Å². The third-order valence-electron chi connectivity index (χ3n) is 2.68. The summed E-state index contributed by atoms with van der Waals surface area (Å²) in [7, 11) is 0. The minimum Gasteiger partial charge on any atom is -0.488 e. The van der Waals surface area contributed by atoms with Gasteiger partial charge in [0.15, 0.2) is 0 Å². The standard InChI is InChI=1S/C14H13ClFNO/c1-9-5-6-10(15)7-14(9)18-8-11-12(16)3-2-4-13(11)17/h2-7H,8,17H2,1H3. The number of nitrogens with two attached hydrogens (primary N) is 1. The molecule has 2 nitrogen and oxygen atoms in total. The number of halogens is 2. The maximum atomic E-state index is 13.5. The Morgan fingerprint density at radius 1 is 1.28 bits per heavy atom. The monoisotopic (exact) mass is 265 g/mol. The first kappa shape index (κ1) is 12.7. The Kier molecular flexibility index (Phi) is 3.72. The van der Waals surface area contributed by atoms with Crippen LogP contribution >= 0.6 is 11.6 Å². The van der Waals surface area contributed by atoms with Gasteiger partial charge in [-0.3, -0.25) is 0 Å². The summed E-state index contributed by atoms with van der Waals surface area (Å²) in [4.78, 5) is 0. The highest BCUT2D eigenvalue weighted by atomic mass is 35.5. The molecular formula is C14H13ClFNO. The molecule has 0 heterocycles. The maximum absolute atomic E-state index is 13.5. The van der Waals surface area contributed by atoms with E-state index in [4.69, 9.17) is 22.1 Å². The van der Waals surface area contributed by atoms with E-state index in [-0.39, 0.29) is 12.4 Å². The summed E-state index contributed by atoms with van der Waals surface area (Å²) in [5.41, 5.74) is 7.39. The second-order valence-electron chi connectivity index (χ2n) is 4.01. The van der Waals surface area contributed by atoms with Crippen LogP contribution in [0.15, 0.2) is 36.4 Å². The van der Waals surface area contributed by atoms with E-state index in [9.17, 15) is 4.39 Å². The minimum atomic E-state index is -0.366. The van der Waals surface area contributed by atoms with Crippen LogP contribution in [0.1, 0.15) is 11.1 Å². The van der Waals surface area contributed by atoms with Gasteiger partial charge < -0.3 is 10.5 Å². The Hall–Kier alpha value is -1.74. The van der Waals surface area contributed by atoms with Gasteiger partial charge in [0, 0.05) is 16.3 Å². The molecule has 2 aromatic carbocycles. The molecule has 0 atom stereocenters. The molecule has 4 heteroatoms. The smallest absolute Gasteiger partial charge is 0.131 e. The van der Waals surface area contributed by atoms with E-state index >= 15 is 0 Å². The third kappa shape index (κ3) is 2.74. The van der Waals surface area contributed by atoms with Crippen LogP contribution in [0.25, 0.3) is 0 Å². The highest BCUT2D eigenvalue weighted by Crippen LogP contribution is 2.25. The fraction of sp³-hybridized carbons (Fsp3) is 0.143. The van der Waals surface area contributed by atoms with Crippen molar-refractivity contribution in [1.29, 1.82) is 0 Å². The second kappa shape index (κ2) is 5.27. The van der Waals surface area contributed by atoms with E-state index in [2.05, 4.69) is 0 Å². The van der Waals surface area contributed by atoms with Gasteiger partial charge in [-0.1, -0.05) is 23.7 Å². The lowest BCUT2D eigenvalue weighted by Gasteiger charge is -2.11. The van der Waals surface area contributed by atoms with Crippen molar-refractivity contribution in [2.45, 2.75) is 13.5 Å². The van der Waals surface area contributed by atoms with Crippen LogP contribution < -0.4 is 10.5 Å². The lowest BCUT2D eigenvalue weighted by Crippen LogP contribution is -2.03. The van der Waals surface area contributed by atoms with E-state index in [1.54, 1.807) is 24.3 Å². The highest BCUT2D eigenvalue weighted by molar-refractivity contribution is 6.30. The van der Waals surface area contributed by atoms with Gasteiger partial charge in [-0.25, -0.2) is 4.39 Å². The number of nitrogen functional groups attached to an aromatic ring is 1. The Morgan fingerprint density at radius 3 is 2.78 bits per heavy atom. The molecule has 2 aromatic rings. The van der Waals surface area contributed by atoms with E-state index in [0.717, 1.165) is 5.56 Å². The van der Waals surface area contributed by atoms with Crippen LogP contribution in [-0.2, 0) is 6.61 Å². The SMILES string of the molecule is Cc1ccc(Cl)cc1OCc1c(N)cccc1F. The van der Waals surface area contributed by atoms with Crippen molar-refractivity contribution >= 4 is 17.3 Å². The summed E-state index contributed by atoms with van der Waals surface area (Å²) in [6, 6.07) is 9.91. The molecule has 0 saturated carbocycles. The molecule has 94 valence electrons. The summed E-state index contributed by atoms with van der Waals surface area (Å²) < 4.78 is 19.1. The van der Waals surface area contributed by atoms with Crippen molar-refractivity contribution in [2.75, 3.05) is 5.73 Å². The first-order valence-electron chi connectivity index (χ1n) is 5.50. The number of hydrogen-bond acceptors (Lipinski definition) is 2. The van der Waals surface area contributed by atoms with Gasteiger partial charge in [-0.2, -0.15) is 0 Å². The first-order chi connectivity index (χ1) is 8.58. The molecule has 0 aliphatic heterocycles. The molecular weight excluding hydrogens is 253 g/mol. The maximum Gasteiger partial charge on any atom is 0.131 e. The van der Waals surface area contributed by atoms with Crippen LogP contribution in [0.4, 0.5) is 10.1 Å². The van der Waals surface area contributed by atoms with Crippen molar-refractivity contribution < 1.29 is 9.13 Å². The normalized spacial score (nSPS) is 10.4. The summed E-state index contributed by atoms with van der Waals surface area (Å²) in [6.07, 6.45) is 0. The van der Waals surface area contributed by atoms with Crippen LogP contribution in [0.5, 0.6) is 5.75 Å². The van der Waals surface area contributed by atoms with Gasteiger partial charge in [-0.15, -0.1) is 0 Å². The number of hydrogen-bond donors (Lipinski definition) is 1. The third-order valence-corrected chi connectivity index (χ3v) is 2.91. The molecule has 0 aromatic heterocycles. The zero-order valence-corrected chi connectivity index (χ0v) is 10.7. The molecule has 0 fully saturated rings. The van der Waals surface area contributed by atoms with Gasteiger partial charge in [0.05, 0.1) is 0 Å². The zero-order chi connectivity index (χ0) is 13.1. The number of anilines is 1. The number of rotatable bonds is 3. The van der Waals surface area contributed by atoms with Crippen molar-refractivity contribution in [3.63, 3.8) is 0 Å². The molecule has 0 amide bonds. The summed E-state index contributed by atoms with van der Waals surface area (Å²) >= 11 is 5.88. The zero-order valence-electron chi connectivity index (χ0n) is 9.91. The average molecular weight is 266 g/mol. The summed E-state index contributed by atoms with van der Waals surface area (Å²) in [5.74, 6) is 0.264. The second-order valence-corrected chi connectivity index (χ2v) is 4.44. The Balaban J connectivity index is 2.19. The predicted molar refractivity (Wildman–Crippen MR) is 71.3 cm³/mol. The van der Waals surface area contributed by atoms with Crippen molar-refractivity contribution in [3.05, 3.63) is 58.4 Å². The van der Waals surface area contributed by atoms with Gasteiger partial charge >= 0.3 is 0 Å². The molecule has 18 heavy (non-hydrogen) atoms. The lowest BCUT2D eigenvalue weighted by molar-refractivity contribution is 0.298. The molecule has 0 radical (unpaired) electrons.